The Balaban J connectivity index is 3.27. The second-order valence-corrected chi connectivity index (χ2v) is 3.09. The number of nitrogens with two attached hydrogens (primary N) is 1. The Morgan fingerprint density at radius 1 is 1.56 bits per heavy atom. The van der Waals surface area contributed by atoms with E-state index in [0.29, 0.717) is 6.20 Å². The molecule has 0 saturated heterocycles. The summed E-state index contributed by atoms with van der Waals surface area (Å²) >= 11 is 0. The molecule has 7 heteroatoms. The highest BCUT2D eigenvalue weighted by molar-refractivity contribution is 5.77. The third-order valence-corrected chi connectivity index (χ3v) is 2.07. The van der Waals surface area contributed by atoms with Crippen molar-refractivity contribution in [2.45, 2.75) is 12.1 Å². The number of aliphatic carboxylic acids is 1. The average Bonchev–Trinajstić information content (AvgIpc) is 2.17. The Kier molecular flexibility index (Phi) is 3.48. The van der Waals surface area contributed by atoms with Crippen molar-refractivity contribution >= 4 is 5.97 Å². The van der Waals surface area contributed by atoms with E-state index in [9.17, 15) is 18.0 Å². The van der Waals surface area contributed by atoms with Crippen molar-refractivity contribution in [3.05, 3.63) is 29.6 Å². The lowest BCUT2D eigenvalue weighted by molar-refractivity contribution is -0.141. The Hall–Kier alpha value is -1.63. The largest absolute Gasteiger partial charge is 0.481 e. The summed E-state index contributed by atoms with van der Waals surface area (Å²) in [5.74, 6) is -2.76. The molecule has 0 amide bonds. The molecule has 16 heavy (non-hydrogen) atoms. The summed E-state index contributed by atoms with van der Waals surface area (Å²) in [6.45, 7) is -0.400. The number of carbonyl (C=O) groups is 1. The number of carboxylic acids is 1. The predicted molar refractivity (Wildman–Crippen MR) is 48.7 cm³/mol. The maximum Gasteiger partial charge on any atom is 0.418 e. The summed E-state index contributed by atoms with van der Waals surface area (Å²) in [7, 11) is 0. The number of pyridine rings is 1. The summed E-state index contributed by atoms with van der Waals surface area (Å²) in [5, 5.41) is 8.75. The summed E-state index contributed by atoms with van der Waals surface area (Å²) in [5.41, 5.74) is 3.72. The van der Waals surface area contributed by atoms with E-state index in [1.54, 1.807) is 0 Å². The van der Waals surface area contributed by atoms with Gasteiger partial charge in [-0.05, 0) is 11.6 Å². The molecule has 1 atom stereocenters. The SMILES string of the molecule is NCC(C(=O)O)c1ccncc1C(F)(F)F. The number of rotatable bonds is 3. The summed E-state index contributed by atoms with van der Waals surface area (Å²) in [6, 6.07) is 1.02. The van der Waals surface area contributed by atoms with Crippen molar-refractivity contribution in [1.29, 1.82) is 0 Å². The van der Waals surface area contributed by atoms with Gasteiger partial charge in [0.05, 0.1) is 11.5 Å². The van der Waals surface area contributed by atoms with Gasteiger partial charge in [0.15, 0.2) is 0 Å². The maximum atomic E-state index is 12.5. The maximum absolute atomic E-state index is 12.5. The lowest BCUT2D eigenvalue weighted by Crippen LogP contribution is -2.24. The van der Waals surface area contributed by atoms with Gasteiger partial charge in [0.25, 0.3) is 0 Å². The van der Waals surface area contributed by atoms with Crippen LogP contribution in [-0.2, 0) is 11.0 Å². The quantitative estimate of drug-likeness (QED) is 0.824. The van der Waals surface area contributed by atoms with Crippen molar-refractivity contribution in [2.75, 3.05) is 6.54 Å². The molecular formula is C9H9F3N2O2. The zero-order valence-electron chi connectivity index (χ0n) is 8.03. The summed E-state index contributed by atoms with van der Waals surface area (Å²) in [6.07, 6.45) is -2.93. The zero-order valence-corrected chi connectivity index (χ0v) is 8.03. The van der Waals surface area contributed by atoms with Gasteiger partial charge >= 0.3 is 12.1 Å². The summed E-state index contributed by atoms with van der Waals surface area (Å²) in [4.78, 5) is 14.1. The number of hydrogen-bond donors (Lipinski definition) is 2. The molecule has 0 aromatic carbocycles. The second-order valence-electron chi connectivity index (χ2n) is 3.09. The fourth-order valence-corrected chi connectivity index (χ4v) is 1.31. The van der Waals surface area contributed by atoms with E-state index in [-0.39, 0.29) is 5.56 Å². The van der Waals surface area contributed by atoms with Crippen LogP contribution < -0.4 is 5.73 Å². The minimum absolute atomic E-state index is 0.363. The minimum Gasteiger partial charge on any atom is -0.481 e. The van der Waals surface area contributed by atoms with E-state index in [4.69, 9.17) is 10.8 Å². The molecule has 0 radical (unpaired) electrons. The molecule has 0 spiro atoms. The van der Waals surface area contributed by atoms with Crippen LogP contribution in [0, 0.1) is 0 Å². The number of hydrogen-bond acceptors (Lipinski definition) is 3. The van der Waals surface area contributed by atoms with Crippen LogP contribution in [-0.4, -0.2) is 22.6 Å². The van der Waals surface area contributed by atoms with Crippen molar-refractivity contribution in [3.8, 4) is 0 Å². The van der Waals surface area contributed by atoms with Gasteiger partial charge < -0.3 is 10.8 Å². The molecule has 1 unspecified atom stereocenters. The average molecular weight is 234 g/mol. The van der Waals surface area contributed by atoms with Crippen molar-refractivity contribution in [2.24, 2.45) is 5.73 Å². The third-order valence-electron chi connectivity index (χ3n) is 2.07. The number of carboxylic acid groups (broad SMARTS) is 1. The molecule has 1 heterocycles. The van der Waals surface area contributed by atoms with Crippen LogP contribution in [0.4, 0.5) is 13.2 Å². The molecule has 0 aliphatic heterocycles. The van der Waals surface area contributed by atoms with Gasteiger partial charge in [0, 0.05) is 18.9 Å². The molecule has 1 rings (SSSR count). The van der Waals surface area contributed by atoms with Crippen LogP contribution in [0.2, 0.25) is 0 Å². The zero-order chi connectivity index (χ0) is 12.3. The van der Waals surface area contributed by atoms with E-state index < -0.39 is 30.2 Å². The van der Waals surface area contributed by atoms with Crippen LogP contribution >= 0.6 is 0 Å². The standard InChI is InChI=1S/C9H9F3N2O2/c10-9(11,12)7-4-14-2-1-5(7)6(3-13)8(15)16/h1-2,4,6H,3,13H2,(H,15,16). The molecule has 3 N–H and O–H groups in total. The first-order valence-corrected chi connectivity index (χ1v) is 4.32. The van der Waals surface area contributed by atoms with Crippen molar-refractivity contribution in [1.82, 2.24) is 4.98 Å². The van der Waals surface area contributed by atoms with E-state index in [0.717, 1.165) is 12.3 Å². The predicted octanol–water partition coefficient (Wildman–Crippen LogP) is 1.23. The van der Waals surface area contributed by atoms with Crippen LogP contribution in [0.5, 0.6) is 0 Å². The van der Waals surface area contributed by atoms with Crippen molar-refractivity contribution in [3.63, 3.8) is 0 Å². The number of halogens is 3. The van der Waals surface area contributed by atoms with Crippen LogP contribution in [0.1, 0.15) is 17.0 Å². The molecule has 4 nitrogen and oxygen atoms in total. The highest BCUT2D eigenvalue weighted by atomic mass is 19.4. The molecule has 1 aromatic rings. The lowest BCUT2D eigenvalue weighted by atomic mass is 9.95. The first-order valence-electron chi connectivity index (χ1n) is 4.32. The van der Waals surface area contributed by atoms with Gasteiger partial charge in [-0.15, -0.1) is 0 Å². The highest BCUT2D eigenvalue weighted by Crippen LogP contribution is 2.34. The van der Waals surface area contributed by atoms with Crippen molar-refractivity contribution < 1.29 is 23.1 Å². The molecule has 0 fully saturated rings. The lowest BCUT2D eigenvalue weighted by Gasteiger charge is -2.16. The monoisotopic (exact) mass is 234 g/mol. The highest BCUT2D eigenvalue weighted by Gasteiger charge is 2.36. The number of alkyl halides is 3. The molecule has 0 bridgehead atoms. The fourth-order valence-electron chi connectivity index (χ4n) is 1.31. The molecular weight excluding hydrogens is 225 g/mol. The first-order chi connectivity index (χ1) is 7.38. The van der Waals surface area contributed by atoms with Gasteiger partial charge in [0.1, 0.15) is 0 Å². The molecule has 0 aliphatic carbocycles. The van der Waals surface area contributed by atoms with Crippen LogP contribution in [0.25, 0.3) is 0 Å². The molecule has 88 valence electrons. The topological polar surface area (TPSA) is 76.2 Å². The smallest absolute Gasteiger partial charge is 0.418 e. The Bertz CT molecular complexity index is 393. The molecule has 0 aliphatic rings. The van der Waals surface area contributed by atoms with Gasteiger partial charge in [-0.2, -0.15) is 13.2 Å². The van der Waals surface area contributed by atoms with Gasteiger partial charge in [0.2, 0.25) is 0 Å². The number of aromatic nitrogens is 1. The Morgan fingerprint density at radius 2 is 2.19 bits per heavy atom. The van der Waals surface area contributed by atoms with Crippen LogP contribution in [0.15, 0.2) is 18.5 Å². The fraction of sp³-hybridized carbons (Fsp3) is 0.333. The molecule has 1 aromatic heterocycles. The van der Waals surface area contributed by atoms with Gasteiger partial charge in [-0.1, -0.05) is 0 Å². The third kappa shape index (κ3) is 2.48. The Morgan fingerprint density at radius 3 is 2.62 bits per heavy atom. The first kappa shape index (κ1) is 12.4. The van der Waals surface area contributed by atoms with E-state index in [1.165, 1.54) is 0 Å². The second kappa shape index (κ2) is 4.48. The molecule has 0 saturated carbocycles. The van der Waals surface area contributed by atoms with Gasteiger partial charge in [-0.25, -0.2) is 0 Å². The van der Waals surface area contributed by atoms with E-state index >= 15 is 0 Å². The van der Waals surface area contributed by atoms with Crippen LogP contribution in [0.3, 0.4) is 0 Å². The Labute approximate surface area is 88.9 Å². The summed E-state index contributed by atoms with van der Waals surface area (Å²) < 4.78 is 37.6. The van der Waals surface area contributed by atoms with E-state index in [2.05, 4.69) is 4.98 Å². The minimum atomic E-state index is -4.63. The normalized spacial score (nSPS) is 13.5. The number of nitrogens with zero attached hydrogens (tertiary/aromatic N) is 1. The van der Waals surface area contributed by atoms with E-state index in [1.807, 2.05) is 0 Å². The van der Waals surface area contributed by atoms with Gasteiger partial charge in [-0.3, -0.25) is 9.78 Å².